The van der Waals surface area contributed by atoms with Crippen LogP contribution in [0.4, 0.5) is 0 Å². The Morgan fingerprint density at radius 3 is 2.55 bits per heavy atom. The molecular formula is C17H15O2P. The van der Waals surface area contributed by atoms with Gasteiger partial charge in [0.25, 0.3) is 0 Å². The van der Waals surface area contributed by atoms with Crippen molar-refractivity contribution in [2.75, 3.05) is 0 Å². The van der Waals surface area contributed by atoms with E-state index >= 15 is 0 Å². The lowest BCUT2D eigenvalue weighted by molar-refractivity contribution is 0.604. The molecule has 20 heavy (non-hydrogen) atoms. The Morgan fingerprint density at radius 2 is 1.85 bits per heavy atom. The molecule has 0 fully saturated rings. The molecule has 2 aromatic carbocycles. The molecule has 1 atom stereocenters. The summed E-state index contributed by atoms with van der Waals surface area (Å²) in [5.74, 6) is 0. The summed E-state index contributed by atoms with van der Waals surface area (Å²) >= 11 is 0. The van der Waals surface area contributed by atoms with E-state index in [4.69, 9.17) is 4.42 Å². The van der Waals surface area contributed by atoms with Crippen molar-refractivity contribution in [1.29, 1.82) is 0 Å². The highest BCUT2D eigenvalue weighted by molar-refractivity contribution is 7.15. The Bertz CT molecular complexity index is 817. The largest absolute Gasteiger partial charge is 0.463 e. The summed E-state index contributed by atoms with van der Waals surface area (Å²) in [6, 6.07) is 13.6. The summed E-state index contributed by atoms with van der Waals surface area (Å²) in [6.07, 6.45) is 2.46. The zero-order chi connectivity index (χ0) is 14.1. The molecule has 1 unspecified atom stereocenters. The smallest absolute Gasteiger partial charge is 0.200 e. The van der Waals surface area contributed by atoms with Crippen LogP contribution in [-0.4, -0.2) is 0 Å². The predicted molar refractivity (Wildman–Crippen MR) is 86.1 cm³/mol. The number of hydrogen-bond donors (Lipinski definition) is 0. The molecule has 0 N–H and O–H groups in total. The van der Waals surface area contributed by atoms with E-state index in [1.165, 1.54) is 5.56 Å². The average Bonchev–Trinajstić information content (AvgIpc) is 2.48. The summed E-state index contributed by atoms with van der Waals surface area (Å²) in [4.78, 5) is 12.5. The minimum atomic E-state index is 0.0184. The lowest BCUT2D eigenvalue weighted by atomic mass is 10.0. The van der Waals surface area contributed by atoms with Crippen molar-refractivity contribution in [2.24, 2.45) is 0 Å². The predicted octanol–water partition coefficient (Wildman–Crippen LogP) is 4.14. The van der Waals surface area contributed by atoms with Crippen molar-refractivity contribution in [3.63, 3.8) is 0 Å². The summed E-state index contributed by atoms with van der Waals surface area (Å²) in [5, 5.41) is 0.628. The lowest BCUT2D eigenvalue weighted by Gasteiger charge is -2.04. The molecule has 0 aliphatic heterocycles. The molecule has 0 spiro atoms. The van der Waals surface area contributed by atoms with Gasteiger partial charge in [0.15, 0.2) is 5.43 Å². The van der Waals surface area contributed by atoms with E-state index in [1.54, 1.807) is 6.26 Å². The van der Waals surface area contributed by atoms with Crippen molar-refractivity contribution in [3.8, 4) is 11.1 Å². The Balaban J connectivity index is 2.18. The van der Waals surface area contributed by atoms with Crippen LogP contribution in [0.3, 0.4) is 0 Å². The van der Waals surface area contributed by atoms with Crippen LogP contribution in [0.5, 0.6) is 0 Å². The van der Waals surface area contributed by atoms with Crippen molar-refractivity contribution in [1.82, 2.24) is 0 Å². The summed E-state index contributed by atoms with van der Waals surface area (Å²) in [5.41, 5.74) is 4.46. The Labute approximate surface area is 119 Å². The highest BCUT2D eigenvalue weighted by Crippen LogP contribution is 2.21. The first kappa shape index (κ1) is 13.1. The Morgan fingerprint density at radius 1 is 1.10 bits per heavy atom. The summed E-state index contributed by atoms with van der Waals surface area (Å²) in [6.45, 7) is 1.98. The molecule has 0 aliphatic carbocycles. The Hall–Kier alpha value is -1.92. The first-order chi connectivity index (χ1) is 9.69. The fraction of sp³-hybridized carbons (Fsp3) is 0.118. The third-order valence-corrected chi connectivity index (χ3v) is 3.90. The lowest BCUT2D eigenvalue weighted by Crippen LogP contribution is -2.04. The van der Waals surface area contributed by atoms with Gasteiger partial charge in [-0.05, 0) is 41.9 Å². The Kier molecular flexibility index (Phi) is 3.42. The number of aryl methyl sites for hydroxylation is 1. The number of fused-ring (bicyclic) bond motifs is 1. The van der Waals surface area contributed by atoms with Gasteiger partial charge in [0, 0.05) is 0 Å². The van der Waals surface area contributed by atoms with Gasteiger partial charge in [-0.2, -0.15) is 0 Å². The average molecular weight is 282 g/mol. The molecule has 3 rings (SSSR count). The molecule has 0 amide bonds. The van der Waals surface area contributed by atoms with Crippen LogP contribution >= 0.6 is 9.24 Å². The van der Waals surface area contributed by atoms with Crippen LogP contribution in [0.2, 0.25) is 0 Å². The summed E-state index contributed by atoms with van der Waals surface area (Å²) < 4.78 is 5.61. The zero-order valence-corrected chi connectivity index (χ0v) is 12.4. The molecule has 1 aromatic heterocycles. The van der Waals surface area contributed by atoms with Crippen molar-refractivity contribution < 1.29 is 4.42 Å². The molecule has 1 heterocycles. The van der Waals surface area contributed by atoms with E-state index in [-0.39, 0.29) is 5.43 Å². The fourth-order valence-electron chi connectivity index (χ4n) is 2.26. The second-order valence-electron chi connectivity index (χ2n) is 4.88. The van der Waals surface area contributed by atoms with Gasteiger partial charge in [0.1, 0.15) is 11.8 Å². The van der Waals surface area contributed by atoms with E-state index < -0.39 is 0 Å². The van der Waals surface area contributed by atoms with Gasteiger partial charge in [-0.3, -0.25) is 4.79 Å². The summed E-state index contributed by atoms with van der Waals surface area (Å²) in [7, 11) is 2.69. The second-order valence-corrected chi connectivity index (χ2v) is 5.29. The topological polar surface area (TPSA) is 30.2 Å². The van der Waals surface area contributed by atoms with Crippen LogP contribution in [0.1, 0.15) is 11.1 Å². The second kappa shape index (κ2) is 5.22. The van der Waals surface area contributed by atoms with E-state index in [1.807, 2.05) is 49.4 Å². The van der Waals surface area contributed by atoms with Crippen LogP contribution in [-0.2, 0) is 6.16 Å². The fourth-order valence-corrected chi connectivity index (χ4v) is 2.53. The van der Waals surface area contributed by atoms with Gasteiger partial charge in [-0.15, -0.1) is 9.24 Å². The zero-order valence-electron chi connectivity index (χ0n) is 11.2. The molecule has 2 nitrogen and oxygen atoms in total. The molecule has 0 aliphatic rings. The van der Waals surface area contributed by atoms with Crippen LogP contribution in [0.25, 0.3) is 22.1 Å². The van der Waals surface area contributed by atoms with Crippen molar-refractivity contribution >= 4 is 20.2 Å². The quantitative estimate of drug-likeness (QED) is 0.661. The van der Waals surface area contributed by atoms with Crippen LogP contribution < -0.4 is 5.43 Å². The number of rotatable bonds is 2. The molecule has 0 saturated heterocycles. The number of benzene rings is 2. The van der Waals surface area contributed by atoms with Crippen LogP contribution in [0, 0.1) is 6.92 Å². The molecule has 3 aromatic rings. The van der Waals surface area contributed by atoms with E-state index in [9.17, 15) is 4.79 Å². The van der Waals surface area contributed by atoms with Crippen LogP contribution in [0.15, 0.2) is 57.9 Å². The minimum absolute atomic E-state index is 0.0184. The van der Waals surface area contributed by atoms with Crippen molar-refractivity contribution in [2.45, 2.75) is 13.1 Å². The standard InChI is InChI=1S/C17H15O2P/c1-11-2-7-14-16(8-11)19-9-15(17(14)18)13-5-3-12(10-20)4-6-13/h2-9H,10,20H2,1H3. The molecular weight excluding hydrogens is 267 g/mol. The third kappa shape index (κ3) is 2.28. The normalized spacial score (nSPS) is 10.9. The van der Waals surface area contributed by atoms with Gasteiger partial charge >= 0.3 is 0 Å². The number of hydrogen-bond acceptors (Lipinski definition) is 2. The first-order valence-electron chi connectivity index (χ1n) is 6.50. The monoisotopic (exact) mass is 282 g/mol. The van der Waals surface area contributed by atoms with E-state index in [0.717, 1.165) is 17.3 Å². The SMILES string of the molecule is Cc1ccc2c(=O)c(-c3ccc(CP)cc3)coc2c1. The molecule has 3 heteroatoms. The molecule has 100 valence electrons. The van der Waals surface area contributed by atoms with Gasteiger partial charge < -0.3 is 4.42 Å². The van der Waals surface area contributed by atoms with Gasteiger partial charge in [0.2, 0.25) is 0 Å². The maximum absolute atomic E-state index is 12.5. The van der Waals surface area contributed by atoms with E-state index in [0.29, 0.717) is 16.5 Å². The first-order valence-corrected chi connectivity index (χ1v) is 7.32. The molecule has 0 bridgehead atoms. The third-order valence-electron chi connectivity index (χ3n) is 3.43. The van der Waals surface area contributed by atoms with Gasteiger partial charge in [0.05, 0.1) is 10.9 Å². The maximum atomic E-state index is 12.5. The van der Waals surface area contributed by atoms with E-state index in [2.05, 4.69) is 9.24 Å². The van der Waals surface area contributed by atoms with Crippen molar-refractivity contribution in [3.05, 3.63) is 70.1 Å². The molecule has 0 radical (unpaired) electrons. The van der Waals surface area contributed by atoms with Gasteiger partial charge in [-0.1, -0.05) is 30.3 Å². The minimum Gasteiger partial charge on any atom is -0.463 e. The molecule has 0 saturated carbocycles. The van der Waals surface area contributed by atoms with Gasteiger partial charge in [-0.25, -0.2) is 0 Å². The maximum Gasteiger partial charge on any atom is 0.200 e. The highest BCUT2D eigenvalue weighted by Gasteiger charge is 2.09. The highest BCUT2D eigenvalue weighted by atomic mass is 31.0.